The van der Waals surface area contributed by atoms with E-state index in [-0.39, 0.29) is 16.8 Å². The van der Waals surface area contributed by atoms with Crippen LogP contribution in [0.25, 0.3) is 0 Å². The zero-order valence-electron chi connectivity index (χ0n) is 15.3. The first-order valence-electron chi connectivity index (χ1n) is 8.07. The fourth-order valence-electron chi connectivity index (χ4n) is 2.42. The molecular weight excluding hydrogens is 358 g/mol. The molecule has 0 saturated heterocycles. The van der Waals surface area contributed by atoms with Crippen molar-refractivity contribution in [1.29, 1.82) is 0 Å². The summed E-state index contributed by atoms with van der Waals surface area (Å²) in [5.41, 5.74) is -1.04. The highest BCUT2D eigenvalue weighted by Crippen LogP contribution is 2.26. The fourth-order valence-corrected chi connectivity index (χ4v) is 2.42. The molecule has 1 aliphatic heterocycles. The van der Waals surface area contributed by atoms with Crippen molar-refractivity contribution in [2.75, 3.05) is 6.54 Å². The zero-order chi connectivity index (χ0) is 20.5. The van der Waals surface area contributed by atoms with E-state index in [1.807, 2.05) is 0 Å². The first-order chi connectivity index (χ1) is 12.4. The van der Waals surface area contributed by atoms with Gasteiger partial charge in [-0.15, -0.1) is 0 Å². The van der Waals surface area contributed by atoms with Crippen molar-refractivity contribution in [3.63, 3.8) is 0 Å². The molecule has 27 heavy (non-hydrogen) atoms. The van der Waals surface area contributed by atoms with Crippen LogP contribution in [0.15, 0.2) is 18.2 Å². The normalized spacial score (nSPS) is 14.6. The number of esters is 1. The minimum atomic E-state index is -1.12. The standard InChI is InChI=1S/C17H19N3O7/c1-9(14(22)18-17(2,3)4)27-13(21)8-19-15(23)11-6-5-10(20(25)26)7-12(11)16(19)24/h5-7,9H,8H2,1-4H3,(H,18,22)/t9-/m1/s1. The Morgan fingerprint density at radius 3 is 2.37 bits per heavy atom. The van der Waals surface area contributed by atoms with Gasteiger partial charge in [0.05, 0.1) is 16.1 Å². The molecule has 10 nitrogen and oxygen atoms in total. The lowest BCUT2D eigenvalue weighted by Crippen LogP contribution is -2.47. The monoisotopic (exact) mass is 377 g/mol. The van der Waals surface area contributed by atoms with Crippen LogP contribution in [0, 0.1) is 10.1 Å². The van der Waals surface area contributed by atoms with Crippen LogP contribution in [-0.2, 0) is 14.3 Å². The van der Waals surface area contributed by atoms with Gasteiger partial charge in [0.2, 0.25) is 0 Å². The Morgan fingerprint density at radius 2 is 1.81 bits per heavy atom. The number of nitro benzene ring substituents is 1. The average molecular weight is 377 g/mol. The Labute approximate surface area is 154 Å². The lowest BCUT2D eigenvalue weighted by Gasteiger charge is -2.23. The van der Waals surface area contributed by atoms with E-state index in [4.69, 9.17) is 4.74 Å². The first kappa shape index (κ1) is 20.0. The molecule has 3 amide bonds. The Balaban J connectivity index is 2.06. The van der Waals surface area contributed by atoms with Crippen LogP contribution in [0.3, 0.4) is 0 Å². The van der Waals surface area contributed by atoms with Gasteiger partial charge >= 0.3 is 5.97 Å². The molecule has 0 radical (unpaired) electrons. The van der Waals surface area contributed by atoms with E-state index in [2.05, 4.69) is 5.32 Å². The Bertz CT molecular complexity index is 841. The molecule has 1 aromatic carbocycles. The summed E-state index contributed by atoms with van der Waals surface area (Å²) in [6.07, 6.45) is -1.12. The van der Waals surface area contributed by atoms with Crippen molar-refractivity contribution in [3.8, 4) is 0 Å². The smallest absolute Gasteiger partial charge is 0.326 e. The van der Waals surface area contributed by atoms with E-state index < -0.39 is 46.8 Å². The number of amides is 3. The van der Waals surface area contributed by atoms with E-state index in [1.165, 1.54) is 13.0 Å². The maximum atomic E-state index is 12.3. The number of nitro groups is 1. The predicted molar refractivity (Wildman–Crippen MR) is 91.9 cm³/mol. The number of nitrogens with zero attached hydrogens (tertiary/aromatic N) is 2. The van der Waals surface area contributed by atoms with Crippen LogP contribution in [-0.4, -0.2) is 51.7 Å². The number of rotatable bonds is 5. The highest BCUT2D eigenvalue weighted by molar-refractivity contribution is 6.22. The molecule has 0 saturated carbocycles. The van der Waals surface area contributed by atoms with Crippen molar-refractivity contribution in [1.82, 2.24) is 10.2 Å². The second kappa shape index (κ2) is 7.14. The number of imide groups is 1. The van der Waals surface area contributed by atoms with Crippen LogP contribution in [0.1, 0.15) is 48.4 Å². The van der Waals surface area contributed by atoms with Crippen molar-refractivity contribution < 1.29 is 28.8 Å². The van der Waals surface area contributed by atoms with Crippen LogP contribution < -0.4 is 5.32 Å². The van der Waals surface area contributed by atoms with Crippen LogP contribution >= 0.6 is 0 Å². The molecule has 1 aromatic rings. The summed E-state index contributed by atoms with van der Waals surface area (Å²) in [5, 5.41) is 13.5. The molecule has 1 N–H and O–H groups in total. The van der Waals surface area contributed by atoms with Gasteiger partial charge in [-0.2, -0.15) is 0 Å². The number of carbonyl (C=O) groups excluding carboxylic acids is 4. The second-order valence-corrected chi connectivity index (χ2v) is 7.05. The molecule has 0 fully saturated rings. The fraction of sp³-hybridized carbons (Fsp3) is 0.412. The highest BCUT2D eigenvalue weighted by atomic mass is 16.6. The maximum Gasteiger partial charge on any atom is 0.326 e. The zero-order valence-corrected chi connectivity index (χ0v) is 15.3. The lowest BCUT2D eigenvalue weighted by molar-refractivity contribution is -0.384. The molecule has 2 rings (SSSR count). The quantitative estimate of drug-likeness (QED) is 0.350. The van der Waals surface area contributed by atoms with Crippen molar-refractivity contribution in [2.24, 2.45) is 0 Å². The number of nitrogens with one attached hydrogen (secondary N) is 1. The summed E-state index contributed by atoms with van der Waals surface area (Å²) in [7, 11) is 0. The summed E-state index contributed by atoms with van der Waals surface area (Å²) < 4.78 is 4.97. The van der Waals surface area contributed by atoms with Gasteiger partial charge < -0.3 is 10.1 Å². The second-order valence-electron chi connectivity index (χ2n) is 7.05. The summed E-state index contributed by atoms with van der Waals surface area (Å²) >= 11 is 0. The number of ether oxygens (including phenoxy) is 1. The Kier molecular flexibility index (Phi) is 5.29. The molecule has 144 valence electrons. The number of non-ortho nitro benzene ring substituents is 1. The number of carbonyl (C=O) groups is 4. The highest BCUT2D eigenvalue weighted by Gasteiger charge is 2.38. The number of benzene rings is 1. The minimum absolute atomic E-state index is 0.0306. The van der Waals surface area contributed by atoms with E-state index in [0.717, 1.165) is 12.1 Å². The van der Waals surface area contributed by atoms with Crippen LogP contribution in [0.4, 0.5) is 5.69 Å². The molecule has 0 bridgehead atoms. The average Bonchev–Trinajstić information content (AvgIpc) is 2.77. The van der Waals surface area contributed by atoms with Crippen LogP contribution in [0.5, 0.6) is 0 Å². The van der Waals surface area contributed by atoms with Crippen molar-refractivity contribution >= 4 is 29.4 Å². The van der Waals surface area contributed by atoms with E-state index in [0.29, 0.717) is 4.90 Å². The largest absolute Gasteiger partial charge is 0.451 e. The maximum absolute atomic E-state index is 12.3. The molecule has 0 unspecified atom stereocenters. The van der Waals surface area contributed by atoms with Crippen molar-refractivity contribution in [3.05, 3.63) is 39.4 Å². The van der Waals surface area contributed by atoms with Gasteiger partial charge in [-0.1, -0.05) is 0 Å². The van der Waals surface area contributed by atoms with Gasteiger partial charge in [0, 0.05) is 17.7 Å². The molecule has 0 aliphatic carbocycles. The third-order valence-electron chi connectivity index (χ3n) is 3.63. The third kappa shape index (κ3) is 4.46. The van der Waals surface area contributed by atoms with E-state index in [1.54, 1.807) is 20.8 Å². The summed E-state index contributed by atoms with van der Waals surface area (Å²) in [5.74, 6) is -3.06. The Hall–Kier alpha value is -3.30. The van der Waals surface area contributed by atoms with Gasteiger partial charge in [-0.05, 0) is 33.8 Å². The topological polar surface area (TPSA) is 136 Å². The van der Waals surface area contributed by atoms with Gasteiger partial charge in [-0.3, -0.25) is 34.2 Å². The SMILES string of the molecule is C[C@@H](OC(=O)CN1C(=O)c2ccc([N+](=O)[O-])cc2C1=O)C(=O)NC(C)(C)C. The van der Waals surface area contributed by atoms with Crippen LogP contribution in [0.2, 0.25) is 0 Å². The molecule has 10 heteroatoms. The number of hydrogen-bond acceptors (Lipinski definition) is 7. The molecule has 0 aromatic heterocycles. The van der Waals surface area contributed by atoms with Gasteiger partial charge in [0.25, 0.3) is 23.4 Å². The van der Waals surface area contributed by atoms with E-state index in [9.17, 15) is 29.3 Å². The molecule has 1 atom stereocenters. The van der Waals surface area contributed by atoms with Crippen molar-refractivity contribution in [2.45, 2.75) is 39.3 Å². The number of fused-ring (bicyclic) bond motifs is 1. The van der Waals surface area contributed by atoms with E-state index >= 15 is 0 Å². The lowest BCUT2D eigenvalue weighted by atomic mass is 10.1. The predicted octanol–water partition coefficient (Wildman–Crippen LogP) is 1.04. The molecule has 1 aliphatic rings. The summed E-state index contributed by atoms with van der Waals surface area (Å²) in [6, 6.07) is 3.25. The first-order valence-corrected chi connectivity index (χ1v) is 8.07. The van der Waals surface area contributed by atoms with Gasteiger partial charge in [0.1, 0.15) is 6.54 Å². The van der Waals surface area contributed by atoms with Gasteiger partial charge in [0.15, 0.2) is 6.10 Å². The molecule has 1 heterocycles. The minimum Gasteiger partial charge on any atom is -0.451 e. The number of hydrogen-bond donors (Lipinski definition) is 1. The third-order valence-corrected chi connectivity index (χ3v) is 3.63. The Morgan fingerprint density at radius 1 is 1.22 bits per heavy atom. The summed E-state index contributed by atoms with van der Waals surface area (Å²) in [6.45, 7) is 5.95. The van der Waals surface area contributed by atoms with Gasteiger partial charge in [-0.25, -0.2) is 0 Å². The summed E-state index contributed by atoms with van der Waals surface area (Å²) in [4.78, 5) is 59.3. The molecule has 0 spiro atoms. The molecular formula is C17H19N3O7.